The van der Waals surface area contributed by atoms with Gasteiger partial charge in [-0.2, -0.15) is 0 Å². The van der Waals surface area contributed by atoms with E-state index in [1.165, 1.54) is 19.2 Å². The van der Waals surface area contributed by atoms with Gasteiger partial charge < -0.3 is 20.7 Å². The number of carbonyl (C=O) groups excluding carboxylic acids is 3. The molecule has 0 aliphatic heterocycles. The predicted octanol–water partition coefficient (Wildman–Crippen LogP) is 4.00. The molecule has 4 N–H and O–H groups in total. The summed E-state index contributed by atoms with van der Waals surface area (Å²) in [5, 5.41) is 14.6. The van der Waals surface area contributed by atoms with Crippen molar-refractivity contribution in [2.75, 3.05) is 5.32 Å². The third-order valence-corrected chi connectivity index (χ3v) is 6.05. The summed E-state index contributed by atoms with van der Waals surface area (Å²) in [5.41, 5.74) is 2.47. The van der Waals surface area contributed by atoms with E-state index in [0.717, 1.165) is 11.1 Å². The average molecular weight is 512 g/mol. The number of amides is 2. The normalized spacial score (nSPS) is 11.5. The summed E-state index contributed by atoms with van der Waals surface area (Å²) in [6.07, 6.45) is 0.859. The summed E-state index contributed by atoms with van der Waals surface area (Å²) in [7, 11) is 0. The molecule has 2 amide bonds. The molecule has 4 rings (SSSR count). The number of pyridine rings is 1. The van der Waals surface area contributed by atoms with Crippen molar-refractivity contribution in [2.24, 2.45) is 0 Å². The van der Waals surface area contributed by atoms with Crippen molar-refractivity contribution in [3.8, 4) is 11.1 Å². The van der Waals surface area contributed by atoms with Crippen LogP contribution >= 0.6 is 0 Å². The zero-order valence-electron chi connectivity index (χ0n) is 20.5. The monoisotopic (exact) mass is 511 g/mol. The van der Waals surface area contributed by atoms with Crippen LogP contribution in [-0.2, 0) is 9.59 Å². The molecular formula is C29H25N3O6. The highest BCUT2D eigenvalue weighted by molar-refractivity contribution is 6.03. The Morgan fingerprint density at radius 3 is 2.26 bits per heavy atom. The van der Waals surface area contributed by atoms with Crippen LogP contribution in [0.15, 0.2) is 83.8 Å². The number of H-pyrrole nitrogens is 1. The van der Waals surface area contributed by atoms with Crippen LogP contribution < -0.4 is 16.1 Å². The van der Waals surface area contributed by atoms with Crippen molar-refractivity contribution in [2.45, 2.75) is 25.8 Å². The number of aromatic amines is 1. The SMILES string of the molecule is CC(=O)c1c[nH]c2ccc(NC(=O)[C@H](CCC(=O)O)NC(=O)c3ccc(-c4ccccc4)cc3)cc2c1=O. The van der Waals surface area contributed by atoms with E-state index in [2.05, 4.69) is 15.6 Å². The smallest absolute Gasteiger partial charge is 0.303 e. The molecule has 4 aromatic rings. The van der Waals surface area contributed by atoms with Gasteiger partial charge in [-0.05, 0) is 54.8 Å². The molecule has 192 valence electrons. The van der Waals surface area contributed by atoms with E-state index in [-0.39, 0.29) is 29.5 Å². The number of ketones is 1. The fourth-order valence-corrected chi connectivity index (χ4v) is 4.01. The molecular weight excluding hydrogens is 486 g/mol. The molecule has 1 heterocycles. The number of Topliss-reactive ketones (excluding diaryl/α,β-unsaturated/α-hetero) is 1. The lowest BCUT2D eigenvalue weighted by Gasteiger charge is -2.18. The molecule has 0 saturated heterocycles. The van der Waals surface area contributed by atoms with Crippen molar-refractivity contribution in [1.29, 1.82) is 0 Å². The number of rotatable bonds is 9. The first kappa shape index (κ1) is 26.0. The van der Waals surface area contributed by atoms with Crippen LogP contribution in [0.4, 0.5) is 5.69 Å². The largest absolute Gasteiger partial charge is 0.481 e. The van der Waals surface area contributed by atoms with E-state index in [1.54, 1.807) is 36.4 Å². The van der Waals surface area contributed by atoms with Crippen molar-refractivity contribution in [3.63, 3.8) is 0 Å². The molecule has 0 radical (unpaired) electrons. The minimum Gasteiger partial charge on any atom is -0.481 e. The summed E-state index contributed by atoms with van der Waals surface area (Å²) in [6, 6.07) is 19.9. The Balaban J connectivity index is 1.53. The number of fused-ring (bicyclic) bond motifs is 1. The zero-order chi connectivity index (χ0) is 27.2. The van der Waals surface area contributed by atoms with Crippen molar-refractivity contribution in [1.82, 2.24) is 10.3 Å². The second-order valence-corrected chi connectivity index (χ2v) is 8.74. The molecule has 0 unspecified atom stereocenters. The Bertz CT molecular complexity index is 1580. The van der Waals surface area contributed by atoms with Gasteiger partial charge in [0.1, 0.15) is 6.04 Å². The number of benzene rings is 3. The molecule has 1 atom stereocenters. The summed E-state index contributed by atoms with van der Waals surface area (Å²) >= 11 is 0. The van der Waals surface area contributed by atoms with E-state index in [0.29, 0.717) is 11.1 Å². The fraction of sp³-hybridized carbons (Fsp3) is 0.138. The standard InChI is InChI=1S/C29H25N3O6/c1-17(33)23-16-30-24-12-11-21(15-22(24)27(23)36)31-29(38)25(13-14-26(34)35)32-28(37)20-9-7-19(8-10-20)18-5-3-2-4-6-18/h2-12,15-16,25H,13-14H2,1H3,(H,30,36)(H,31,38)(H,32,37)(H,34,35)/t25-/m0/s1. The summed E-state index contributed by atoms with van der Waals surface area (Å²) in [4.78, 5) is 64.4. The third kappa shape index (κ3) is 6.01. The Hall–Kier alpha value is -5.05. The summed E-state index contributed by atoms with van der Waals surface area (Å²) < 4.78 is 0. The number of aliphatic carboxylic acids is 1. The van der Waals surface area contributed by atoms with E-state index >= 15 is 0 Å². The van der Waals surface area contributed by atoms with E-state index < -0.39 is 35.0 Å². The molecule has 0 bridgehead atoms. The van der Waals surface area contributed by atoms with Crippen LogP contribution in [-0.4, -0.2) is 39.7 Å². The zero-order valence-corrected chi connectivity index (χ0v) is 20.5. The lowest BCUT2D eigenvalue weighted by molar-refractivity contribution is -0.137. The van der Waals surface area contributed by atoms with Gasteiger partial charge >= 0.3 is 5.97 Å². The highest BCUT2D eigenvalue weighted by Crippen LogP contribution is 2.20. The Morgan fingerprint density at radius 2 is 1.61 bits per heavy atom. The van der Waals surface area contributed by atoms with Gasteiger partial charge in [-0.15, -0.1) is 0 Å². The maximum Gasteiger partial charge on any atom is 0.303 e. The summed E-state index contributed by atoms with van der Waals surface area (Å²) in [5.74, 6) is -2.68. The maximum atomic E-state index is 13.1. The highest BCUT2D eigenvalue weighted by atomic mass is 16.4. The van der Waals surface area contributed by atoms with Gasteiger partial charge in [0.05, 0.1) is 5.56 Å². The second kappa shape index (κ2) is 11.3. The number of carboxylic acid groups (broad SMARTS) is 1. The Morgan fingerprint density at radius 1 is 0.921 bits per heavy atom. The third-order valence-electron chi connectivity index (χ3n) is 6.05. The maximum absolute atomic E-state index is 13.1. The van der Waals surface area contributed by atoms with Crippen LogP contribution in [0, 0.1) is 0 Å². The topological polar surface area (TPSA) is 145 Å². The van der Waals surface area contributed by atoms with Gasteiger partial charge in [0, 0.05) is 34.8 Å². The van der Waals surface area contributed by atoms with Crippen LogP contribution in [0.2, 0.25) is 0 Å². The lowest BCUT2D eigenvalue weighted by atomic mass is 10.0. The number of hydrogen-bond acceptors (Lipinski definition) is 5. The molecule has 0 fully saturated rings. The first-order chi connectivity index (χ1) is 18.2. The number of aromatic nitrogens is 1. The molecule has 38 heavy (non-hydrogen) atoms. The van der Waals surface area contributed by atoms with Crippen molar-refractivity contribution >= 4 is 40.2 Å². The van der Waals surface area contributed by atoms with Gasteiger partial charge in [0.2, 0.25) is 5.91 Å². The van der Waals surface area contributed by atoms with Gasteiger partial charge in [0.15, 0.2) is 11.2 Å². The molecule has 1 aromatic heterocycles. The van der Waals surface area contributed by atoms with Gasteiger partial charge in [-0.3, -0.25) is 24.0 Å². The van der Waals surface area contributed by atoms with Crippen molar-refractivity contribution < 1.29 is 24.3 Å². The van der Waals surface area contributed by atoms with Gasteiger partial charge in [0.25, 0.3) is 5.91 Å². The lowest BCUT2D eigenvalue weighted by Crippen LogP contribution is -2.44. The molecule has 9 heteroatoms. The second-order valence-electron chi connectivity index (χ2n) is 8.74. The molecule has 9 nitrogen and oxygen atoms in total. The molecule has 3 aromatic carbocycles. The number of nitrogens with one attached hydrogen (secondary N) is 3. The van der Waals surface area contributed by atoms with Gasteiger partial charge in [-0.1, -0.05) is 42.5 Å². The van der Waals surface area contributed by atoms with Crippen LogP contribution in [0.25, 0.3) is 22.0 Å². The highest BCUT2D eigenvalue weighted by Gasteiger charge is 2.23. The van der Waals surface area contributed by atoms with Crippen LogP contribution in [0.3, 0.4) is 0 Å². The van der Waals surface area contributed by atoms with Gasteiger partial charge in [-0.25, -0.2) is 0 Å². The Kier molecular flexibility index (Phi) is 7.77. The molecule has 0 aliphatic rings. The minimum absolute atomic E-state index is 0.00847. The minimum atomic E-state index is -1.15. The molecule has 0 spiro atoms. The van der Waals surface area contributed by atoms with Crippen LogP contribution in [0.5, 0.6) is 0 Å². The van der Waals surface area contributed by atoms with E-state index in [4.69, 9.17) is 5.11 Å². The summed E-state index contributed by atoms with van der Waals surface area (Å²) in [6.45, 7) is 1.28. The van der Waals surface area contributed by atoms with Crippen LogP contribution in [0.1, 0.15) is 40.5 Å². The number of carboxylic acids is 1. The average Bonchev–Trinajstić information content (AvgIpc) is 2.91. The van der Waals surface area contributed by atoms with Crippen molar-refractivity contribution in [3.05, 3.63) is 100 Å². The van der Waals surface area contributed by atoms with E-state index in [9.17, 15) is 24.0 Å². The predicted molar refractivity (Wildman–Crippen MR) is 143 cm³/mol. The number of anilines is 1. The Labute approximate surface area is 217 Å². The van der Waals surface area contributed by atoms with E-state index in [1.807, 2.05) is 30.3 Å². The first-order valence-electron chi connectivity index (χ1n) is 11.9. The molecule has 0 saturated carbocycles. The molecule has 0 aliphatic carbocycles. The fourth-order valence-electron chi connectivity index (χ4n) is 4.01. The number of carbonyl (C=O) groups is 4. The quantitative estimate of drug-likeness (QED) is 0.250. The number of hydrogen-bond donors (Lipinski definition) is 4. The first-order valence-corrected chi connectivity index (χ1v) is 11.9.